The minimum atomic E-state index is -2.01. The third-order valence-electron chi connectivity index (χ3n) is 6.05. The van der Waals surface area contributed by atoms with Crippen LogP contribution in [0.15, 0.2) is 54.6 Å². The average molecular weight is 412 g/mol. The molecule has 0 radical (unpaired) electrons. The molecule has 0 unspecified atom stereocenters. The first-order valence-corrected chi connectivity index (χ1v) is 12.8. The van der Waals surface area contributed by atoms with Gasteiger partial charge >= 0.3 is 0 Å². The second-order valence-corrected chi connectivity index (χ2v) is 12.1. The molecule has 0 aromatic heterocycles. The van der Waals surface area contributed by atoms with Crippen molar-refractivity contribution in [1.82, 2.24) is 4.90 Å². The molecule has 0 saturated carbocycles. The molecule has 2 aromatic rings. The quantitative estimate of drug-likeness (QED) is 0.355. The first-order chi connectivity index (χ1) is 14.0. The highest BCUT2D eigenvalue weighted by Crippen LogP contribution is 2.41. The maximum Gasteiger partial charge on any atom is 0.261 e. The molecule has 1 saturated heterocycles. The molecule has 0 aliphatic carbocycles. The number of β-lactam (4-membered cyclic amide) rings is 1. The monoisotopic (exact) mass is 411 g/mol. The van der Waals surface area contributed by atoms with Crippen LogP contribution >= 0.6 is 0 Å². The summed E-state index contributed by atoms with van der Waals surface area (Å²) in [5.74, 6) is 0.206. The van der Waals surface area contributed by atoms with Gasteiger partial charge in [0, 0.05) is 5.56 Å². The smallest absolute Gasteiger partial charge is 0.261 e. The van der Waals surface area contributed by atoms with Crippen LogP contribution in [0.3, 0.4) is 0 Å². The van der Waals surface area contributed by atoms with E-state index in [9.17, 15) is 9.59 Å². The number of carbonyl (C=O) groups excluding carboxylic acids is 2. The zero-order chi connectivity index (χ0) is 21.0. The summed E-state index contributed by atoms with van der Waals surface area (Å²) in [6, 6.07) is 18.9. The largest absolute Gasteiger partial charge is 0.497 e. The van der Waals surface area contributed by atoms with Crippen LogP contribution in [-0.4, -0.2) is 38.2 Å². The molecule has 0 bridgehead atoms. The number of amides is 2. The number of benzene rings is 2. The number of hydrogen-bond acceptors (Lipinski definition) is 4. The van der Waals surface area contributed by atoms with Gasteiger partial charge in [-0.3, -0.25) is 14.5 Å². The number of rotatable bonds is 8. The predicted octanol–water partition coefficient (Wildman–Crippen LogP) is 4.81. The zero-order valence-electron chi connectivity index (χ0n) is 17.6. The highest BCUT2D eigenvalue weighted by atomic mass is 28.4. The molecule has 29 heavy (non-hydrogen) atoms. The summed E-state index contributed by atoms with van der Waals surface area (Å²) in [6.45, 7) is 6.41. The molecule has 1 aliphatic heterocycles. The molecule has 1 aliphatic rings. The lowest BCUT2D eigenvalue weighted by Crippen LogP contribution is -2.64. The van der Waals surface area contributed by atoms with Crippen molar-refractivity contribution in [2.24, 2.45) is 0 Å². The van der Waals surface area contributed by atoms with Crippen molar-refractivity contribution >= 4 is 20.1 Å². The van der Waals surface area contributed by atoms with E-state index in [0.717, 1.165) is 29.4 Å². The van der Waals surface area contributed by atoms with E-state index >= 15 is 0 Å². The van der Waals surface area contributed by atoms with E-state index in [1.54, 1.807) is 31.4 Å². The van der Waals surface area contributed by atoms with Gasteiger partial charge in [-0.1, -0.05) is 51.1 Å². The van der Waals surface area contributed by atoms with Crippen LogP contribution in [0.25, 0.3) is 0 Å². The first kappa shape index (κ1) is 21.3. The average Bonchev–Trinajstić information content (AvgIpc) is 2.79. The number of methoxy groups -OCH3 is 1. The Kier molecular flexibility index (Phi) is 6.55. The summed E-state index contributed by atoms with van der Waals surface area (Å²) < 4.78 is 11.8. The molecule has 2 aromatic carbocycles. The van der Waals surface area contributed by atoms with Crippen LogP contribution < -0.4 is 4.74 Å². The van der Waals surface area contributed by atoms with Crippen molar-refractivity contribution < 1.29 is 18.8 Å². The summed E-state index contributed by atoms with van der Waals surface area (Å²) in [4.78, 5) is 27.5. The normalized spacial score (nSPS) is 19.0. The Morgan fingerprint density at radius 3 is 2.07 bits per heavy atom. The summed E-state index contributed by atoms with van der Waals surface area (Å²) in [5.41, 5.74) is 1.38. The Morgan fingerprint density at radius 2 is 1.55 bits per heavy atom. The van der Waals surface area contributed by atoms with E-state index in [2.05, 4.69) is 20.8 Å². The fourth-order valence-corrected chi connectivity index (χ4v) is 6.69. The lowest BCUT2D eigenvalue weighted by molar-refractivity contribution is -0.158. The van der Waals surface area contributed by atoms with Crippen LogP contribution in [0.2, 0.25) is 18.1 Å². The predicted molar refractivity (Wildman–Crippen MR) is 115 cm³/mol. The van der Waals surface area contributed by atoms with Gasteiger partial charge in [0.15, 0.2) is 14.4 Å². The highest BCUT2D eigenvalue weighted by molar-refractivity contribution is 6.73. The fourth-order valence-electron chi connectivity index (χ4n) is 3.92. The van der Waals surface area contributed by atoms with Gasteiger partial charge in [0.25, 0.3) is 11.8 Å². The molecule has 6 heteroatoms. The van der Waals surface area contributed by atoms with Crippen molar-refractivity contribution in [3.05, 3.63) is 65.7 Å². The van der Waals surface area contributed by atoms with Gasteiger partial charge < -0.3 is 9.16 Å². The topological polar surface area (TPSA) is 55.8 Å². The standard InChI is InChI=1S/C23H29NO4Si/c1-5-29(6-2,7-3)28-21-20(17-13-15-19(27-4)16-14-17)24(23(21)26)22(25)18-11-9-8-10-12-18/h8-16,20-21H,5-7H2,1-4H3/t20-,21+/m1/s1. The van der Waals surface area contributed by atoms with Gasteiger partial charge in [-0.15, -0.1) is 0 Å². The Balaban J connectivity index is 1.96. The number of ether oxygens (including phenoxy) is 1. The molecular weight excluding hydrogens is 382 g/mol. The van der Waals surface area contributed by atoms with Gasteiger partial charge in [0.2, 0.25) is 0 Å². The summed E-state index contributed by atoms with van der Waals surface area (Å²) >= 11 is 0. The fraction of sp³-hybridized carbons (Fsp3) is 0.391. The molecule has 0 spiro atoms. The number of carbonyl (C=O) groups is 2. The molecule has 2 amide bonds. The van der Waals surface area contributed by atoms with E-state index in [0.29, 0.717) is 5.56 Å². The second kappa shape index (κ2) is 8.92. The number of nitrogens with zero attached hydrogens (tertiary/aromatic N) is 1. The highest BCUT2D eigenvalue weighted by Gasteiger charge is 2.54. The molecule has 1 fully saturated rings. The van der Waals surface area contributed by atoms with E-state index in [1.807, 2.05) is 30.3 Å². The van der Waals surface area contributed by atoms with Gasteiger partial charge in [-0.25, -0.2) is 0 Å². The van der Waals surface area contributed by atoms with E-state index < -0.39 is 20.5 Å². The number of imide groups is 1. The second-order valence-electron chi connectivity index (χ2n) is 7.38. The van der Waals surface area contributed by atoms with Crippen LogP contribution in [0.4, 0.5) is 0 Å². The first-order valence-electron chi connectivity index (χ1n) is 10.2. The van der Waals surface area contributed by atoms with Gasteiger partial charge in [0.1, 0.15) is 5.75 Å². The molecule has 2 atom stereocenters. The van der Waals surface area contributed by atoms with Gasteiger partial charge in [0.05, 0.1) is 13.2 Å². The third-order valence-corrected chi connectivity index (χ3v) is 10.7. The number of hydrogen-bond donors (Lipinski definition) is 0. The lowest BCUT2D eigenvalue weighted by Gasteiger charge is -2.48. The molecule has 5 nitrogen and oxygen atoms in total. The van der Waals surface area contributed by atoms with Crippen molar-refractivity contribution in [3.8, 4) is 5.75 Å². The third kappa shape index (κ3) is 4.00. The van der Waals surface area contributed by atoms with Crippen LogP contribution in [0.5, 0.6) is 5.75 Å². The molecule has 154 valence electrons. The zero-order valence-corrected chi connectivity index (χ0v) is 18.6. The van der Waals surface area contributed by atoms with Crippen molar-refractivity contribution in [2.45, 2.75) is 51.0 Å². The summed E-state index contributed by atoms with van der Waals surface area (Å²) in [6.07, 6.45) is -0.609. The van der Waals surface area contributed by atoms with E-state index in [1.165, 1.54) is 4.90 Å². The lowest BCUT2D eigenvalue weighted by atomic mass is 9.90. The Labute approximate surface area is 173 Å². The summed E-state index contributed by atoms with van der Waals surface area (Å²) in [5, 5.41) is 0. The van der Waals surface area contributed by atoms with Crippen LogP contribution in [0, 0.1) is 0 Å². The van der Waals surface area contributed by atoms with Gasteiger partial charge in [-0.2, -0.15) is 0 Å². The van der Waals surface area contributed by atoms with Crippen molar-refractivity contribution in [3.63, 3.8) is 0 Å². The van der Waals surface area contributed by atoms with Gasteiger partial charge in [-0.05, 0) is 48.0 Å². The minimum Gasteiger partial charge on any atom is -0.497 e. The summed E-state index contributed by atoms with van der Waals surface area (Å²) in [7, 11) is -0.398. The van der Waals surface area contributed by atoms with Crippen molar-refractivity contribution in [1.29, 1.82) is 0 Å². The maximum atomic E-state index is 13.1. The number of likely N-dealkylation sites (tertiary alicyclic amines) is 1. The minimum absolute atomic E-state index is 0.244. The molecular formula is C23H29NO4Si. The molecule has 0 N–H and O–H groups in total. The van der Waals surface area contributed by atoms with Crippen LogP contribution in [-0.2, 0) is 9.22 Å². The van der Waals surface area contributed by atoms with E-state index in [-0.39, 0.29) is 11.8 Å². The van der Waals surface area contributed by atoms with E-state index in [4.69, 9.17) is 9.16 Å². The molecule has 1 heterocycles. The van der Waals surface area contributed by atoms with Crippen LogP contribution in [0.1, 0.15) is 42.7 Å². The molecule has 3 rings (SSSR count). The maximum absolute atomic E-state index is 13.1. The van der Waals surface area contributed by atoms with Crippen molar-refractivity contribution in [2.75, 3.05) is 7.11 Å². The SMILES string of the molecule is CC[Si](CC)(CC)O[C@@H]1C(=O)N(C(=O)c2ccccc2)[C@@H]1c1ccc(OC)cc1. The Morgan fingerprint density at radius 1 is 0.966 bits per heavy atom. The Bertz CT molecular complexity index is 841. The Hall–Kier alpha value is -2.44.